The molecule has 0 radical (unpaired) electrons. The summed E-state index contributed by atoms with van der Waals surface area (Å²) in [6.45, 7) is 10.9. The van der Waals surface area contributed by atoms with Gasteiger partial charge >= 0.3 is 5.82 Å². The van der Waals surface area contributed by atoms with Crippen LogP contribution in [-0.2, 0) is 5.41 Å². The number of hydrogen-bond acceptors (Lipinski definition) is 1. The predicted octanol–water partition coefficient (Wildman–Crippen LogP) is 6.73. The van der Waals surface area contributed by atoms with Gasteiger partial charge in [-0.2, -0.15) is 9.47 Å². The second-order valence-corrected chi connectivity index (χ2v) is 10.5. The van der Waals surface area contributed by atoms with Crippen LogP contribution in [0.2, 0.25) is 0 Å². The zero-order chi connectivity index (χ0) is 21.6. The first-order chi connectivity index (χ1) is 14.9. The molecule has 3 aliphatic heterocycles. The lowest BCUT2D eigenvalue weighted by atomic mass is 9.53. The van der Waals surface area contributed by atoms with E-state index in [1.54, 1.807) is 0 Å². The van der Waals surface area contributed by atoms with Gasteiger partial charge in [0.2, 0.25) is 18.5 Å². The van der Waals surface area contributed by atoms with Crippen LogP contribution in [0.15, 0.2) is 66.7 Å². The Hall–Kier alpha value is -2.49. The van der Waals surface area contributed by atoms with Gasteiger partial charge < -0.3 is 0 Å². The first-order valence-corrected chi connectivity index (χ1v) is 11.8. The van der Waals surface area contributed by atoms with Crippen LogP contribution in [0.4, 0.5) is 17.2 Å². The number of aromatic nitrogens is 1. The Labute approximate surface area is 186 Å². The molecular weight excluding hydrogens is 378 g/mol. The fourth-order valence-corrected chi connectivity index (χ4v) is 7.74. The Morgan fingerprint density at radius 1 is 0.871 bits per heavy atom. The van der Waals surface area contributed by atoms with Crippen LogP contribution in [0.3, 0.4) is 0 Å². The van der Waals surface area contributed by atoms with E-state index < -0.39 is 0 Å². The van der Waals surface area contributed by atoms with Gasteiger partial charge in [-0.1, -0.05) is 69.3 Å². The third-order valence-electron chi connectivity index (χ3n) is 9.53. The highest BCUT2D eigenvalue weighted by molar-refractivity contribution is 5.85. The molecule has 3 heteroatoms. The molecule has 1 aromatic heterocycles. The third-order valence-corrected chi connectivity index (χ3v) is 9.53. The summed E-state index contributed by atoms with van der Waals surface area (Å²) in [7, 11) is 2.45. The summed E-state index contributed by atoms with van der Waals surface area (Å²) in [5, 5.41) is 0. The zero-order valence-corrected chi connectivity index (χ0v) is 19.4. The molecule has 0 saturated carbocycles. The molecule has 1 fully saturated rings. The van der Waals surface area contributed by atoms with Crippen molar-refractivity contribution in [2.24, 2.45) is 5.41 Å². The van der Waals surface area contributed by atoms with Crippen molar-refractivity contribution >= 4 is 17.2 Å². The zero-order valence-electron chi connectivity index (χ0n) is 19.4. The van der Waals surface area contributed by atoms with Gasteiger partial charge in [0.05, 0.1) is 18.2 Å². The molecule has 4 heterocycles. The Morgan fingerprint density at radius 2 is 1.58 bits per heavy atom. The molecule has 2 aromatic carbocycles. The Kier molecular flexibility index (Phi) is 3.62. The van der Waals surface area contributed by atoms with Gasteiger partial charge in [0.15, 0.2) is 5.69 Å². The van der Waals surface area contributed by atoms with E-state index in [2.05, 4.69) is 101 Å². The van der Waals surface area contributed by atoms with E-state index in [4.69, 9.17) is 4.98 Å². The molecule has 1 saturated heterocycles. The van der Waals surface area contributed by atoms with Gasteiger partial charge in [0.1, 0.15) is 0 Å². The lowest BCUT2D eigenvalue weighted by Gasteiger charge is -2.65. The summed E-state index contributed by atoms with van der Waals surface area (Å²) in [6, 6.07) is 24.5. The quantitative estimate of drug-likeness (QED) is 0.435. The summed E-state index contributed by atoms with van der Waals surface area (Å²) < 4.78 is 1.92. The average Bonchev–Trinajstić information content (AvgIpc) is 3.19. The Balaban J connectivity index is 1.67. The highest BCUT2D eigenvalue weighted by Crippen LogP contribution is 2.72. The third kappa shape index (κ3) is 1.92. The van der Waals surface area contributed by atoms with E-state index >= 15 is 0 Å². The number of nitrogens with zero attached hydrogens (tertiary/aromatic N) is 3. The van der Waals surface area contributed by atoms with E-state index in [9.17, 15) is 0 Å². The smallest absolute Gasteiger partial charge is 0.190 e. The average molecular weight is 412 g/mol. The molecule has 0 aliphatic carbocycles. The maximum atomic E-state index is 5.40. The normalized spacial score (nSPS) is 36.9. The molecule has 3 nitrogen and oxygen atoms in total. The monoisotopic (exact) mass is 411 g/mol. The molecule has 6 rings (SSSR count). The number of rotatable bonds is 3. The number of para-hydroxylation sites is 1. The molecular formula is C28H33N3+2. The van der Waals surface area contributed by atoms with Gasteiger partial charge in [0.25, 0.3) is 0 Å². The van der Waals surface area contributed by atoms with Crippen molar-refractivity contribution in [1.82, 2.24) is 14.0 Å². The van der Waals surface area contributed by atoms with Crippen molar-refractivity contribution in [2.75, 3.05) is 13.7 Å². The molecule has 2 bridgehead atoms. The second kappa shape index (κ2) is 5.85. The number of pyridine rings is 1. The van der Waals surface area contributed by atoms with Gasteiger partial charge in [-0.15, -0.1) is 4.48 Å². The minimum absolute atomic E-state index is 0.148. The van der Waals surface area contributed by atoms with Crippen LogP contribution in [0.25, 0.3) is 11.3 Å². The fraction of sp³-hybridized carbons (Fsp3) is 0.393. The molecule has 0 spiro atoms. The molecule has 3 aliphatic rings. The number of fused-ring (bicyclic) bond motifs is 3. The molecule has 0 N–H and O–H groups in total. The fourth-order valence-electron chi connectivity index (χ4n) is 7.74. The summed E-state index contributed by atoms with van der Waals surface area (Å²) in [4.78, 5) is 5.40. The Morgan fingerprint density at radius 3 is 2.29 bits per heavy atom. The van der Waals surface area contributed by atoms with Crippen LogP contribution in [0, 0.1) is 5.41 Å². The van der Waals surface area contributed by atoms with Crippen LogP contribution < -0.4 is 8.97 Å². The van der Waals surface area contributed by atoms with E-state index in [-0.39, 0.29) is 10.8 Å². The van der Waals surface area contributed by atoms with E-state index in [1.807, 2.05) is 0 Å². The molecule has 5 unspecified atom stereocenters. The van der Waals surface area contributed by atoms with Gasteiger partial charge in [-0.25, -0.2) is 0 Å². The second-order valence-electron chi connectivity index (χ2n) is 10.5. The highest BCUT2D eigenvalue weighted by atomic mass is 15.8. The van der Waals surface area contributed by atoms with Crippen molar-refractivity contribution in [2.45, 2.75) is 52.1 Å². The van der Waals surface area contributed by atoms with Crippen LogP contribution in [-0.4, -0.2) is 24.9 Å². The summed E-state index contributed by atoms with van der Waals surface area (Å²) in [5.74, 6) is 1.28. The van der Waals surface area contributed by atoms with Crippen molar-refractivity contribution in [3.63, 3.8) is 0 Å². The minimum Gasteiger partial charge on any atom is -0.190 e. The number of quaternary nitrogens is 2. The first-order valence-electron chi connectivity index (χ1n) is 11.8. The molecule has 158 valence electrons. The van der Waals surface area contributed by atoms with Crippen molar-refractivity contribution in [3.05, 3.63) is 72.3 Å². The summed E-state index contributed by atoms with van der Waals surface area (Å²) >= 11 is 0. The lowest BCUT2D eigenvalue weighted by Crippen LogP contribution is -2.87. The maximum absolute atomic E-state index is 5.40. The molecule has 5 atom stereocenters. The summed E-state index contributed by atoms with van der Waals surface area (Å²) in [6.07, 6.45) is 2.80. The minimum atomic E-state index is 0.148. The lowest BCUT2D eigenvalue weighted by molar-refractivity contribution is -0.131. The van der Waals surface area contributed by atoms with E-state index in [1.165, 1.54) is 34.7 Å². The highest BCUT2D eigenvalue weighted by Gasteiger charge is 2.85. The van der Waals surface area contributed by atoms with E-state index in [0.717, 1.165) is 27.7 Å². The Bertz CT molecular complexity index is 1200. The molecule has 0 amide bonds. The van der Waals surface area contributed by atoms with Crippen LogP contribution in [0.1, 0.15) is 46.1 Å². The van der Waals surface area contributed by atoms with Gasteiger partial charge in [-0.3, -0.25) is 0 Å². The van der Waals surface area contributed by atoms with Gasteiger partial charge in [0, 0.05) is 28.7 Å². The largest absolute Gasteiger partial charge is 0.305 e. The molecule has 31 heavy (non-hydrogen) atoms. The van der Waals surface area contributed by atoms with Crippen molar-refractivity contribution in [3.8, 4) is 11.3 Å². The maximum Gasteiger partial charge on any atom is 0.305 e. The van der Waals surface area contributed by atoms with Crippen molar-refractivity contribution < 1.29 is 0 Å². The molecule has 3 aromatic rings. The predicted molar refractivity (Wildman–Crippen MR) is 130 cm³/mol. The van der Waals surface area contributed by atoms with Crippen molar-refractivity contribution in [1.29, 1.82) is 0 Å². The van der Waals surface area contributed by atoms with E-state index in [0.29, 0.717) is 6.17 Å². The van der Waals surface area contributed by atoms with Crippen LogP contribution in [0.5, 0.6) is 0 Å². The first kappa shape index (κ1) is 19.2. The number of hydrogen-bond donors (Lipinski definition) is 0. The van der Waals surface area contributed by atoms with Gasteiger partial charge in [-0.05, 0) is 25.8 Å². The topological polar surface area (TPSA) is 12.9 Å². The standard InChI is InChI=1S/C28H33N3/c1-6-27(3)21-15-11-12-16-23(21)31-19-30(5,26(31)28(27,4)7-2)24-18-17-22(29-25(24)31)20-13-9-8-10-14-20/h8-18,26H,6-7,19H2,1-5H3/q+2. The van der Waals surface area contributed by atoms with Crippen LogP contribution >= 0.6 is 0 Å². The number of benzene rings is 2. The SMILES string of the molecule is CCC1(C)c2ccccc2[N+]23C[N+](C)(c4ccc(-c5ccccc5)nc42)C3C1(C)CC. The summed E-state index contributed by atoms with van der Waals surface area (Å²) in [5.41, 5.74) is 7.04.